The fraction of sp³-hybridized carbons (Fsp3) is 0.571. The lowest BCUT2D eigenvalue weighted by molar-refractivity contribution is 0.311. The van der Waals surface area contributed by atoms with Crippen LogP contribution in [0.15, 0.2) is 29.2 Å². The van der Waals surface area contributed by atoms with Crippen LogP contribution in [0.5, 0.6) is 0 Å². The maximum absolute atomic E-state index is 12.2. The van der Waals surface area contributed by atoms with Crippen LogP contribution in [-0.2, 0) is 16.4 Å². The third-order valence-electron chi connectivity index (χ3n) is 2.94. The molecule has 0 atom stereocenters. The Labute approximate surface area is 116 Å². The van der Waals surface area contributed by atoms with Gasteiger partial charge in [-0.2, -0.15) is 0 Å². The molecule has 0 aliphatic rings. The predicted octanol–water partition coefficient (Wildman–Crippen LogP) is 1.51. The fourth-order valence-electron chi connectivity index (χ4n) is 1.94. The first-order valence-corrected chi connectivity index (χ1v) is 8.20. The van der Waals surface area contributed by atoms with Crippen LogP contribution in [0.4, 0.5) is 0 Å². The molecule has 0 spiro atoms. The molecule has 0 heterocycles. The molecule has 2 N–H and O–H groups in total. The van der Waals surface area contributed by atoms with Crippen LogP contribution in [0, 0.1) is 5.92 Å². The Balaban J connectivity index is 2.65. The maximum atomic E-state index is 12.2. The first-order valence-electron chi connectivity index (χ1n) is 6.55. The number of benzene rings is 1. The Morgan fingerprint density at radius 1 is 1.21 bits per heavy atom. The Kier molecular flexibility index (Phi) is 5.97. The van der Waals surface area contributed by atoms with Gasteiger partial charge < -0.3 is 10.6 Å². The predicted molar refractivity (Wildman–Crippen MR) is 78.7 cm³/mol. The van der Waals surface area contributed by atoms with E-state index in [9.17, 15) is 8.42 Å². The molecular formula is C14H24N2O2S. The van der Waals surface area contributed by atoms with Crippen molar-refractivity contribution in [3.63, 3.8) is 0 Å². The molecule has 1 aromatic rings. The highest BCUT2D eigenvalue weighted by Gasteiger charge is 2.15. The highest BCUT2D eigenvalue weighted by molar-refractivity contribution is 7.91. The van der Waals surface area contributed by atoms with Crippen LogP contribution in [0.1, 0.15) is 19.4 Å². The van der Waals surface area contributed by atoms with Crippen molar-refractivity contribution < 1.29 is 8.42 Å². The summed E-state index contributed by atoms with van der Waals surface area (Å²) in [5, 5.41) is 0. The second-order valence-electron chi connectivity index (χ2n) is 5.32. The van der Waals surface area contributed by atoms with E-state index in [1.807, 2.05) is 7.05 Å². The lowest BCUT2D eigenvalue weighted by atomic mass is 10.2. The normalized spacial score (nSPS) is 12.3. The fourth-order valence-corrected chi connectivity index (χ4v) is 3.28. The minimum absolute atomic E-state index is 0.151. The standard InChI is InChI=1S/C14H24N2O2S/c1-12(2)11-16(3)8-9-19(17,18)14-6-4-13(10-15)5-7-14/h4-7,12H,8-11,15H2,1-3H3. The Morgan fingerprint density at radius 3 is 2.26 bits per heavy atom. The summed E-state index contributed by atoms with van der Waals surface area (Å²) in [5.41, 5.74) is 6.44. The van der Waals surface area contributed by atoms with Crippen molar-refractivity contribution >= 4 is 9.84 Å². The minimum Gasteiger partial charge on any atom is -0.326 e. The SMILES string of the molecule is CC(C)CN(C)CCS(=O)(=O)c1ccc(CN)cc1. The van der Waals surface area contributed by atoms with Crippen LogP contribution in [0.3, 0.4) is 0 Å². The van der Waals surface area contributed by atoms with Gasteiger partial charge in [0.15, 0.2) is 9.84 Å². The van der Waals surface area contributed by atoms with Crippen LogP contribution < -0.4 is 5.73 Å². The molecule has 0 amide bonds. The van der Waals surface area contributed by atoms with Gasteiger partial charge in [-0.1, -0.05) is 26.0 Å². The van der Waals surface area contributed by atoms with E-state index in [-0.39, 0.29) is 5.75 Å². The van der Waals surface area contributed by atoms with Gasteiger partial charge in [0.05, 0.1) is 10.6 Å². The number of sulfone groups is 1. The average Bonchev–Trinajstić information content (AvgIpc) is 2.36. The molecule has 1 rings (SSSR count). The molecule has 0 fully saturated rings. The summed E-state index contributed by atoms with van der Waals surface area (Å²) >= 11 is 0. The molecule has 0 saturated carbocycles. The van der Waals surface area contributed by atoms with Gasteiger partial charge in [0.1, 0.15) is 0 Å². The number of hydrogen-bond acceptors (Lipinski definition) is 4. The van der Waals surface area contributed by atoms with E-state index in [4.69, 9.17) is 5.73 Å². The lowest BCUT2D eigenvalue weighted by Crippen LogP contribution is -2.29. The summed E-state index contributed by atoms with van der Waals surface area (Å²) < 4.78 is 24.3. The lowest BCUT2D eigenvalue weighted by Gasteiger charge is -2.18. The van der Waals surface area contributed by atoms with Crippen LogP contribution >= 0.6 is 0 Å². The highest BCUT2D eigenvalue weighted by Crippen LogP contribution is 2.12. The summed E-state index contributed by atoms with van der Waals surface area (Å²) in [6.07, 6.45) is 0. The number of nitrogens with zero attached hydrogens (tertiary/aromatic N) is 1. The van der Waals surface area contributed by atoms with E-state index in [1.165, 1.54) is 0 Å². The zero-order chi connectivity index (χ0) is 14.5. The van der Waals surface area contributed by atoms with Crippen LogP contribution in [0.25, 0.3) is 0 Å². The minimum atomic E-state index is -3.20. The summed E-state index contributed by atoms with van der Waals surface area (Å²) in [6, 6.07) is 6.81. The number of rotatable bonds is 7. The molecule has 0 radical (unpaired) electrons. The Bertz CT molecular complexity index is 481. The van der Waals surface area contributed by atoms with E-state index in [2.05, 4.69) is 18.7 Å². The molecule has 0 unspecified atom stereocenters. The third kappa shape index (κ3) is 5.30. The zero-order valence-corrected chi connectivity index (χ0v) is 12.8. The molecule has 0 saturated heterocycles. The number of hydrogen-bond donors (Lipinski definition) is 1. The quantitative estimate of drug-likeness (QED) is 0.824. The second-order valence-corrected chi connectivity index (χ2v) is 7.43. The van der Waals surface area contributed by atoms with Crippen molar-refractivity contribution in [3.8, 4) is 0 Å². The molecule has 0 bridgehead atoms. The Hall–Kier alpha value is -0.910. The van der Waals surface area contributed by atoms with Gasteiger partial charge in [-0.15, -0.1) is 0 Å². The largest absolute Gasteiger partial charge is 0.326 e. The monoisotopic (exact) mass is 284 g/mol. The van der Waals surface area contributed by atoms with Crippen LogP contribution in [0.2, 0.25) is 0 Å². The summed E-state index contributed by atoms with van der Waals surface area (Å²) in [7, 11) is -1.25. The molecule has 0 aliphatic heterocycles. The molecule has 5 heteroatoms. The number of nitrogens with two attached hydrogens (primary N) is 1. The zero-order valence-electron chi connectivity index (χ0n) is 12.0. The maximum Gasteiger partial charge on any atom is 0.179 e. The molecule has 108 valence electrons. The van der Waals surface area contributed by atoms with Crippen molar-refractivity contribution in [2.75, 3.05) is 25.9 Å². The van der Waals surface area contributed by atoms with Gasteiger partial charge in [0, 0.05) is 19.6 Å². The highest BCUT2D eigenvalue weighted by atomic mass is 32.2. The van der Waals surface area contributed by atoms with Gasteiger partial charge >= 0.3 is 0 Å². The molecule has 1 aromatic carbocycles. The molecule has 0 aliphatic carbocycles. The van der Waals surface area contributed by atoms with Crippen molar-refractivity contribution in [3.05, 3.63) is 29.8 Å². The van der Waals surface area contributed by atoms with E-state index < -0.39 is 9.84 Å². The molecular weight excluding hydrogens is 260 g/mol. The third-order valence-corrected chi connectivity index (χ3v) is 4.65. The molecule has 0 aromatic heterocycles. The van der Waals surface area contributed by atoms with E-state index in [0.717, 1.165) is 12.1 Å². The van der Waals surface area contributed by atoms with Crippen molar-refractivity contribution in [1.82, 2.24) is 4.90 Å². The van der Waals surface area contributed by atoms with Crippen molar-refractivity contribution in [2.45, 2.75) is 25.3 Å². The smallest absolute Gasteiger partial charge is 0.179 e. The first-order chi connectivity index (χ1) is 8.85. The van der Waals surface area contributed by atoms with Crippen molar-refractivity contribution in [1.29, 1.82) is 0 Å². The second kappa shape index (κ2) is 7.03. The van der Waals surface area contributed by atoms with Gasteiger partial charge in [-0.3, -0.25) is 0 Å². The van der Waals surface area contributed by atoms with Gasteiger partial charge in [-0.05, 0) is 30.7 Å². The van der Waals surface area contributed by atoms with Gasteiger partial charge in [0.25, 0.3) is 0 Å². The molecule has 4 nitrogen and oxygen atoms in total. The average molecular weight is 284 g/mol. The van der Waals surface area contributed by atoms with E-state index >= 15 is 0 Å². The van der Waals surface area contributed by atoms with Crippen LogP contribution in [-0.4, -0.2) is 39.2 Å². The van der Waals surface area contributed by atoms with E-state index in [0.29, 0.717) is 23.9 Å². The summed E-state index contributed by atoms with van der Waals surface area (Å²) in [6.45, 7) is 6.13. The molecule has 19 heavy (non-hydrogen) atoms. The Morgan fingerprint density at radius 2 is 1.79 bits per heavy atom. The van der Waals surface area contributed by atoms with Gasteiger partial charge in [-0.25, -0.2) is 8.42 Å². The van der Waals surface area contributed by atoms with E-state index in [1.54, 1.807) is 24.3 Å². The topological polar surface area (TPSA) is 63.4 Å². The summed E-state index contributed by atoms with van der Waals surface area (Å²) in [4.78, 5) is 2.43. The van der Waals surface area contributed by atoms with Gasteiger partial charge in [0.2, 0.25) is 0 Å². The van der Waals surface area contributed by atoms with Crippen molar-refractivity contribution in [2.24, 2.45) is 11.7 Å². The first kappa shape index (κ1) is 16.1. The summed E-state index contributed by atoms with van der Waals surface area (Å²) in [5.74, 6) is 0.689.